The third kappa shape index (κ3) is 5.09. The van der Waals surface area contributed by atoms with Crippen molar-refractivity contribution in [3.63, 3.8) is 0 Å². The molecule has 1 aromatic heterocycles. The molecule has 1 atom stereocenters. The highest BCUT2D eigenvalue weighted by Gasteiger charge is 2.15. The fraction of sp³-hybridized carbons (Fsp3) is 0.167. The summed E-state index contributed by atoms with van der Waals surface area (Å²) in [5.41, 5.74) is 4.50. The largest absolute Gasteiger partial charge is 0.489 e. The summed E-state index contributed by atoms with van der Waals surface area (Å²) < 4.78 is 27.1. The van der Waals surface area contributed by atoms with E-state index in [0.29, 0.717) is 22.6 Å². The van der Waals surface area contributed by atoms with Crippen LogP contribution in [0.1, 0.15) is 18.1 Å². The number of aliphatic carboxylic acids is 1. The van der Waals surface area contributed by atoms with Crippen molar-refractivity contribution >= 4 is 39.7 Å². The number of fused-ring (bicyclic) bond motifs is 3. The number of hydrogen-bond acceptors (Lipinski definition) is 4. The van der Waals surface area contributed by atoms with Gasteiger partial charge in [-0.2, -0.15) is 11.8 Å². The molecule has 36 heavy (non-hydrogen) atoms. The minimum Gasteiger partial charge on any atom is -0.489 e. The van der Waals surface area contributed by atoms with E-state index >= 15 is 4.39 Å². The fourth-order valence-electron chi connectivity index (χ4n) is 4.10. The van der Waals surface area contributed by atoms with Gasteiger partial charge in [-0.1, -0.05) is 67.6 Å². The van der Waals surface area contributed by atoms with Crippen molar-refractivity contribution < 1.29 is 23.4 Å². The van der Waals surface area contributed by atoms with Gasteiger partial charge in [0.1, 0.15) is 29.3 Å². The maximum atomic E-state index is 15.2. The maximum Gasteiger partial charge on any atom is 0.307 e. The molecule has 0 saturated carbocycles. The zero-order valence-corrected chi connectivity index (χ0v) is 20.6. The molecule has 0 fully saturated rings. The lowest BCUT2D eigenvalue weighted by molar-refractivity contribution is -0.140. The first-order chi connectivity index (χ1) is 17.5. The smallest absolute Gasteiger partial charge is 0.307 e. The molecule has 0 bridgehead atoms. The highest BCUT2D eigenvalue weighted by molar-refractivity contribution is 7.98. The second kappa shape index (κ2) is 10.5. The Morgan fingerprint density at radius 1 is 0.944 bits per heavy atom. The molecule has 0 aliphatic rings. The van der Waals surface area contributed by atoms with Crippen LogP contribution >= 0.6 is 11.8 Å². The highest BCUT2D eigenvalue weighted by atomic mass is 32.2. The van der Waals surface area contributed by atoms with Crippen LogP contribution in [0.4, 0.5) is 4.39 Å². The quantitative estimate of drug-likeness (QED) is 0.223. The van der Waals surface area contributed by atoms with Crippen LogP contribution in [-0.2, 0) is 17.2 Å². The maximum absolute atomic E-state index is 15.2. The molecule has 1 heterocycles. The Kier molecular flexibility index (Phi) is 6.96. The van der Waals surface area contributed by atoms with Crippen molar-refractivity contribution in [3.05, 3.63) is 102 Å². The first kappa shape index (κ1) is 23.9. The Balaban J connectivity index is 1.25. The number of ether oxygens (including phenoxy) is 1. The predicted octanol–water partition coefficient (Wildman–Crippen LogP) is 7.93. The summed E-state index contributed by atoms with van der Waals surface area (Å²) in [6, 6.07) is 26.4. The number of thioether (sulfide) groups is 1. The van der Waals surface area contributed by atoms with Gasteiger partial charge in [0, 0.05) is 33.4 Å². The number of carboxylic acid groups (broad SMARTS) is 1. The summed E-state index contributed by atoms with van der Waals surface area (Å²) in [7, 11) is 0. The first-order valence-corrected chi connectivity index (χ1v) is 12.9. The van der Waals surface area contributed by atoms with Gasteiger partial charge < -0.3 is 14.3 Å². The molecule has 1 unspecified atom stereocenters. The van der Waals surface area contributed by atoms with Crippen molar-refractivity contribution in [2.75, 3.05) is 5.75 Å². The molecule has 6 heteroatoms. The van der Waals surface area contributed by atoms with E-state index in [1.54, 1.807) is 24.8 Å². The van der Waals surface area contributed by atoms with Gasteiger partial charge >= 0.3 is 5.97 Å². The molecule has 182 valence electrons. The van der Waals surface area contributed by atoms with Crippen LogP contribution in [0, 0.1) is 11.7 Å². The Morgan fingerprint density at radius 2 is 1.69 bits per heavy atom. The van der Waals surface area contributed by atoms with E-state index in [2.05, 4.69) is 0 Å². The number of halogens is 1. The van der Waals surface area contributed by atoms with E-state index < -0.39 is 5.97 Å². The van der Waals surface area contributed by atoms with Crippen molar-refractivity contribution in [1.29, 1.82) is 0 Å². The Morgan fingerprint density at radius 3 is 2.47 bits per heavy atom. The fourth-order valence-corrected chi connectivity index (χ4v) is 5.14. The molecular weight excluding hydrogens is 475 g/mol. The summed E-state index contributed by atoms with van der Waals surface area (Å²) in [6.45, 7) is 1.96. The average molecular weight is 501 g/mol. The van der Waals surface area contributed by atoms with E-state index in [1.165, 1.54) is 6.07 Å². The van der Waals surface area contributed by atoms with Gasteiger partial charge in [0.15, 0.2) is 0 Å². The van der Waals surface area contributed by atoms with Crippen LogP contribution in [0.15, 0.2) is 89.3 Å². The molecule has 4 aromatic carbocycles. The second-order valence-corrected chi connectivity index (χ2v) is 9.81. The third-order valence-corrected chi connectivity index (χ3v) is 7.39. The molecule has 0 amide bonds. The topological polar surface area (TPSA) is 59.7 Å². The zero-order chi connectivity index (χ0) is 25.1. The van der Waals surface area contributed by atoms with Crippen molar-refractivity contribution in [2.45, 2.75) is 19.3 Å². The van der Waals surface area contributed by atoms with Crippen LogP contribution in [0.3, 0.4) is 0 Å². The summed E-state index contributed by atoms with van der Waals surface area (Å²) in [4.78, 5) is 10.9. The zero-order valence-electron chi connectivity index (χ0n) is 19.7. The van der Waals surface area contributed by atoms with Crippen molar-refractivity contribution in [3.8, 4) is 16.9 Å². The lowest BCUT2D eigenvalue weighted by Gasteiger charge is -2.10. The number of benzene rings is 4. The van der Waals surface area contributed by atoms with Crippen molar-refractivity contribution in [1.82, 2.24) is 0 Å². The monoisotopic (exact) mass is 500 g/mol. The van der Waals surface area contributed by atoms with Gasteiger partial charge in [-0.05, 0) is 35.4 Å². The molecule has 0 radical (unpaired) electrons. The van der Waals surface area contributed by atoms with Gasteiger partial charge in [-0.25, -0.2) is 4.39 Å². The predicted molar refractivity (Wildman–Crippen MR) is 143 cm³/mol. The summed E-state index contributed by atoms with van der Waals surface area (Å²) in [5.74, 6) is 0.534. The second-order valence-electron chi connectivity index (χ2n) is 8.78. The van der Waals surface area contributed by atoms with Crippen LogP contribution in [0.25, 0.3) is 33.1 Å². The Hall–Kier alpha value is -3.77. The van der Waals surface area contributed by atoms with Crippen LogP contribution in [0.2, 0.25) is 0 Å². The molecule has 0 saturated heterocycles. The van der Waals surface area contributed by atoms with Crippen LogP contribution in [0.5, 0.6) is 5.75 Å². The number of furan rings is 1. The molecule has 0 aliphatic heterocycles. The van der Waals surface area contributed by atoms with Gasteiger partial charge in [-0.15, -0.1) is 0 Å². The minimum absolute atomic E-state index is 0.246. The lowest BCUT2D eigenvalue weighted by Crippen LogP contribution is -2.11. The van der Waals surface area contributed by atoms with Gasteiger partial charge in [0.05, 0.1) is 5.92 Å². The van der Waals surface area contributed by atoms with Crippen LogP contribution in [-0.4, -0.2) is 16.8 Å². The molecule has 5 rings (SSSR count). The van der Waals surface area contributed by atoms with E-state index in [9.17, 15) is 4.79 Å². The Bertz CT molecular complexity index is 1520. The normalized spacial score (nSPS) is 12.2. The number of carbonyl (C=O) groups is 1. The summed E-state index contributed by atoms with van der Waals surface area (Å²) in [6.07, 6.45) is 0. The molecule has 1 N–H and O–H groups in total. The van der Waals surface area contributed by atoms with Crippen molar-refractivity contribution in [2.24, 2.45) is 5.92 Å². The third-order valence-electron chi connectivity index (χ3n) is 6.11. The SMILES string of the molecule is CC(CSCc1ccc(OCc2ccc(-c3cccc4c3oc3ccccc34)c(F)c2)cc1)C(=O)O. The number of para-hydroxylation sites is 2. The standard InChI is InChI=1S/C30H25FO4S/c1-19(30(32)33)17-36-18-20-9-12-22(13-10-20)34-16-21-11-14-23(27(31)15-21)25-6-4-7-26-24-5-2-3-8-28(24)35-29(25)26/h2-15,19H,16-18H2,1H3,(H,32,33). The first-order valence-electron chi connectivity index (χ1n) is 11.7. The molecular formula is C30H25FO4S. The van der Waals surface area contributed by atoms with E-state index in [-0.39, 0.29) is 18.3 Å². The lowest BCUT2D eigenvalue weighted by atomic mass is 10.0. The number of hydrogen-bond donors (Lipinski definition) is 1. The summed E-state index contributed by atoms with van der Waals surface area (Å²) in [5, 5.41) is 10.9. The average Bonchev–Trinajstić information content (AvgIpc) is 3.27. The number of carboxylic acids is 1. The number of rotatable bonds is 9. The van der Waals surface area contributed by atoms with E-state index in [4.69, 9.17) is 14.3 Å². The molecule has 0 spiro atoms. The van der Waals surface area contributed by atoms with Crippen LogP contribution < -0.4 is 4.74 Å². The van der Waals surface area contributed by atoms with Gasteiger partial charge in [0.2, 0.25) is 0 Å². The summed E-state index contributed by atoms with van der Waals surface area (Å²) >= 11 is 1.59. The molecule has 4 nitrogen and oxygen atoms in total. The van der Waals surface area contributed by atoms with E-state index in [0.717, 1.165) is 38.8 Å². The van der Waals surface area contributed by atoms with Gasteiger partial charge in [-0.3, -0.25) is 4.79 Å². The molecule has 5 aromatic rings. The Labute approximate surface area is 212 Å². The van der Waals surface area contributed by atoms with Gasteiger partial charge in [0.25, 0.3) is 0 Å². The molecule has 0 aliphatic carbocycles. The highest BCUT2D eigenvalue weighted by Crippen LogP contribution is 2.36. The van der Waals surface area contributed by atoms with E-state index in [1.807, 2.05) is 72.8 Å². The minimum atomic E-state index is -0.776.